The molecule has 0 spiro atoms. The highest BCUT2D eigenvalue weighted by molar-refractivity contribution is 5.85. The standard InChI is InChI=1S/C16H26N2O4.ClH/c1-12(18-16(19)7-8-17-2)13-5-6-14(15(11-13)21-4)22-10-9-20-3;/h5-6,11-12,17H,7-10H2,1-4H3,(H,18,19);1H. The van der Waals surface area contributed by atoms with Gasteiger partial charge in [-0.1, -0.05) is 6.07 Å². The first-order valence-corrected chi connectivity index (χ1v) is 7.36. The molecule has 1 aromatic carbocycles. The van der Waals surface area contributed by atoms with Crippen molar-refractivity contribution < 1.29 is 19.0 Å². The maximum absolute atomic E-state index is 11.8. The number of ether oxygens (including phenoxy) is 3. The van der Waals surface area contributed by atoms with Gasteiger partial charge in [0.2, 0.25) is 5.91 Å². The summed E-state index contributed by atoms with van der Waals surface area (Å²) in [5, 5.41) is 5.91. The van der Waals surface area contributed by atoms with Crippen molar-refractivity contribution in [1.82, 2.24) is 10.6 Å². The predicted octanol–water partition coefficient (Wildman–Crippen LogP) is 1.93. The number of halogens is 1. The molecule has 2 N–H and O–H groups in total. The van der Waals surface area contributed by atoms with Crippen LogP contribution in [-0.4, -0.2) is 46.9 Å². The van der Waals surface area contributed by atoms with Gasteiger partial charge < -0.3 is 24.8 Å². The average Bonchev–Trinajstić information content (AvgIpc) is 2.53. The number of nitrogens with one attached hydrogen (secondary N) is 2. The van der Waals surface area contributed by atoms with Crippen molar-refractivity contribution in [3.8, 4) is 11.5 Å². The van der Waals surface area contributed by atoms with Gasteiger partial charge in [-0.25, -0.2) is 0 Å². The Morgan fingerprint density at radius 1 is 1.22 bits per heavy atom. The van der Waals surface area contributed by atoms with Crippen molar-refractivity contribution in [2.24, 2.45) is 0 Å². The van der Waals surface area contributed by atoms with Gasteiger partial charge in [-0.2, -0.15) is 0 Å². The molecule has 0 fully saturated rings. The van der Waals surface area contributed by atoms with Gasteiger partial charge in [-0.3, -0.25) is 4.79 Å². The molecule has 0 bridgehead atoms. The van der Waals surface area contributed by atoms with Crippen molar-refractivity contribution in [2.75, 3.05) is 41.0 Å². The highest BCUT2D eigenvalue weighted by Gasteiger charge is 2.12. The Bertz CT molecular complexity index is 471. The number of hydrogen-bond acceptors (Lipinski definition) is 5. The molecule has 1 aromatic rings. The zero-order valence-electron chi connectivity index (χ0n) is 14.2. The highest BCUT2D eigenvalue weighted by Crippen LogP contribution is 2.30. The Labute approximate surface area is 144 Å². The van der Waals surface area contributed by atoms with E-state index in [0.717, 1.165) is 5.56 Å². The third-order valence-electron chi connectivity index (χ3n) is 3.21. The van der Waals surface area contributed by atoms with E-state index in [9.17, 15) is 4.79 Å². The lowest BCUT2D eigenvalue weighted by Gasteiger charge is -2.17. The van der Waals surface area contributed by atoms with Crippen LogP contribution in [0.4, 0.5) is 0 Å². The van der Waals surface area contributed by atoms with Crippen LogP contribution in [0.25, 0.3) is 0 Å². The van der Waals surface area contributed by atoms with Crippen LogP contribution >= 0.6 is 12.4 Å². The van der Waals surface area contributed by atoms with E-state index in [1.165, 1.54) is 0 Å². The van der Waals surface area contributed by atoms with Crippen LogP contribution in [0.15, 0.2) is 18.2 Å². The van der Waals surface area contributed by atoms with Gasteiger partial charge in [0.1, 0.15) is 6.61 Å². The Morgan fingerprint density at radius 2 is 1.96 bits per heavy atom. The lowest BCUT2D eigenvalue weighted by Crippen LogP contribution is -2.29. The zero-order chi connectivity index (χ0) is 16.4. The Hall–Kier alpha value is -1.50. The van der Waals surface area contributed by atoms with Crippen molar-refractivity contribution in [2.45, 2.75) is 19.4 Å². The molecule has 6 nitrogen and oxygen atoms in total. The van der Waals surface area contributed by atoms with E-state index >= 15 is 0 Å². The summed E-state index contributed by atoms with van der Waals surface area (Å²) >= 11 is 0. The van der Waals surface area contributed by atoms with Gasteiger partial charge in [0, 0.05) is 20.1 Å². The summed E-state index contributed by atoms with van der Waals surface area (Å²) in [6, 6.07) is 5.56. The SMILES string of the molecule is CNCCC(=O)NC(C)c1ccc(OCCOC)c(OC)c1.Cl. The Balaban J connectivity index is 0.00000484. The zero-order valence-corrected chi connectivity index (χ0v) is 15.0. The molecule has 1 amide bonds. The Kier molecular flexibility index (Phi) is 11.2. The minimum atomic E-state index is -0.0914. The number of carbonyl (C=O) groups excluding carboxylic acids is 1. The monoisotopic (exact) mass is 346 g/mol. The second-order valence-electron chi connectivity index (χ2n) is 4.89. The fraction of sp³-hybridized carbons (Fsp3) is 0.562. The third kappa shape index (κ3) is 7.54. The first kappa shape index (κ1) is 21.5. The summed E-state index contributed by atoms with van der Waals surface area (Å²) in [6.45, 7) is 3.58. The van der Waals surface area contributed by atoms with E-state index in [2.05, 4.69) is 10.6 Å². The molecule has 0 aromatic heterocycles. The molecule has 7 heteroatoms. The van der Waals surface area contributed by atoms with Crippen LogP contribution in [0.2, 0.25) is 0 Å². The molecule has 0 aliphatic rings. The molecule has 1 unspecified atom stereocenters. The number of benzene rings is 1. The second kappa shape index (κ2) is 12.0. The summed E-state index contributed by atoms with van der Waals surface area (Å²) in [5.74, 6) is 1.32. The van der Waals surface area contributed by atoms with Gasteiger partial charge in [0.05, 0.1) is 19.8 Å². The smallest absolute Gasteiger partial charge is 0.221 e. The molecule has 1 rings (SSSR count). The van der Waals surface area contributed by atoms with Crippen LogP contribution in [0, 0.1) is 0 Å². The summed E-state index contributed by atoms with van der Waals surface area (Å²) in [4.78, 5) is 11.8. The van der Waals surface area contributed by atoms with Gasteiger partial charge >= 0.3 is 0 Å². The number of amides is 1. The van der Waals surface area contributed by atoms with E-state index < -0.39 is 0 Å². The lowest BCUT2D eigenvalue weighted by atomic mass is 10.1. The molecule has 0 radical (unpaired) electrons. The largest absolute Gasteiger partial charge is 0.493 e. The van der Waals surface area contributed by atoms with Gasteiger partial charge in [0.15, 0.2) is 11.5 Å². The van der Waals surface area contributed by atoms with E-state index in [4.69, 9.17) is 14.2 Å². The lowest BCUT2D eigenvalue weighted by molar-refractivity contribution is -0.121. The maximum atomic E-state index is 11.8. The summed E-state index contributed by atoms with van der Waals surface area (Å²) < 4.78 is 15.9. The quantitative estimate of drug-likeness (QED) is 0.634. The first-order chi connectivity index (χ1) is 10.6. The van der Waals surface area contributed by atoms with Crippen molar-refractivity contribution in [1.29, 1.82) is 0 Å². The van der Waals surface area contributed by atoms with Crippen LogP contribution in [0.5, 0.6) is 11.5 Å². The second-order valence-corrected chi connectivity index (χ2v) is 4.89. The Morgan fingerprint density at radius 3 is 2.57 bits per heavy atom. The summed E-state index contributed by atoms with van der Waals surface area (Å²) in [7, 11) is 5.05. The van der Waals surface area contributed by atoms with Crippen LogP contribution in [0.3, 0.4) is 0 Å². The molecule has 23 heavy (non-hydrogen) atoms. The number of carbonyl (C=O) groups is 1. The van der Waals surface area contributed by atoms with Crippen LogP contribution in [-0.2, 0) is 9.53 Å². The number of rotatable bonds is 10. The van der Waals surface area contributed by atoms with E-state index in [-0.39, 0.29) is 24.4 Å². The van der Waals surface area contributed by atoms with Crippen LogP contribution < -0.4 is 20.1 Å². The number of hydrogen-bond donors (Lipinski definition) is 2. The minimum Gasteiger partial charge on any atom is -0.493 e. The molecule has 0 aliphatic heterocycles. The van der Waals surface area contributed by atoms with E-state index in [1.807, 2.05) is 32.2 Å². The van der Waals surface area contributed by atoms with Gasteiger partial charge in [-0.05, 0) is 31.7 Å². The molecule has 0 saturated heterocycles. The average molecular weight is 347 g/mol. The molecule has 0 aliphatic carbocycles. The molecule has 0 saturated carbocycles. The predicted molar refractivity (Wildman–Crippen MR) is 92.7 cm³/mol. The van der Waals surface area contributed by atoms with Crippen LogP contribution in [0.1, 0.15) is 24.9 Å². The normalized spacial score (nSPS) is 11.3. The molecular formula is C16H27ClN2O4. The minimum absolute atomic E-state index is 0. The van der Waals surface area contributed by atoms with E-state index in [0.29, 0.717) is 37.7 Å². The topological polar surface area (TPSA) is 68.8 Å². The fourth-order valence-electron chi connectivity index (χ4n) is 1.94. The summed E-state index contributed by atoms with van der Waals surface area (Å²) in [5.41, 5.74) is 0.966. The fourth-order valence-corrected chi connectivity index (χ4v) is 1.94. The molecular weight excluding hydrogens is 320 g/mol. The van der Waals surface area contributed by atoms with Gasteiger partial charge in [0.25, 0.3) is 0 Å². The first-order valence-electron chi connectivity index (χ1n) is 7.36. The van der Waals surface area contributed by atoms with Gasteiger partial charge in [-0.15, -0.1) is 12.4 Å². The number of methoxy groups -OCH3 is 2. The highest BCUT2D eigenvalue weighted by atomic mass is 35.5. The molecule has 0 heterocycles. The summed E-state index contributed by atoms with van der Waals surface area (Å²) in [6.07, 6.45) is 0.455. The van der Waals surface area contributed by atoms with Crippen molar-refractivity contribution in [3.05, 3.63) is 23.8 Å². The molecule has 1 atom stereocenters. The van der Waals surface area contributed by atoms with Crippen molar-refractivity contribution in [3.63, 3.8) is 0 Å². The van der Waals surface area contributed by atoms with Crippen molar-refractivity contribution >= 4 is 18.3 Å². The van der Waals surface area contributed by atoms with E-state index in [1.54, 1.807) is 14.2 Å². The maximum Gasteiger partial charge on any atom is 0.221 e. The third-order valence-corrected chi connectivity index (χ3v) is 3.21. The molecule has 132 valence electrons.